The molecule has 1 aromatic carbocycles. The molecule has 0 amide bonds. The molecule has 0 bridgehead atoms. The summed E-state index contributed by atoms with van der Waals surface area (Å²) in [5.74, 6) is 3.15. The Labute approximate surface area is 192 Å². The van der Waals surface area contributed by atoms with Gasteiger partial charge in [0.05, 0.1) is 14.2 Å². The molecule has 29 heavy (non-hydrogen) atoms. The lowest BCUT2D eigenvalue weighted by molar-refractivity contribution is 0.0625. The highest BCUT2D eigenvalue weighted by Crippen LogP contribution is 2.33. The highest BCUT2D eigenvalue weighted by atomic mass is 127. The second-order valence-electron chi connectivity index (χ2n) is 7.15. The number of methoxy groups -OCH3 is 2. The summed E-state index contributed by atoms with van der Waals surface area (Å²) >= 11 is 0. The first kappa shape index (κ1) is 25.6. The second kappa shape index (κ2) is 13.7. The van der Waals surface area contributed by atoms with Crippen LogP contribution in [0.3, 0.4) is 0 Å². The predicted molar refractivity (Wildman–Crippen MR) is 130 cm³/mol. The summed E-state index contributed by atoms with van der Waals surface area (Å²) in [5, 5.41) is 3.46. The Kier molecular flexibility index (Phi) is 12.1. The van der Waals surface area contributed by atoms with E-state index in [1.807, 2.05) is 19.2 Å². The van der Waals surface area contributed by atoms with Crippen LogP contribution in [0.1, 0.15) is 30.4 Å². The molecule has 0 atom stereocenters. The molecule has 1 aliphatic heterocycles. The summed E-state index contributed by atoms with van der Waals surface area (Å²) in [6.07, 6.45) is 6.10. The molecule has 6 nitrogen and oxygen atoms in total. The monoisotopic (exact) mass is 517 g/mol. The van der Waals surface area contributed by atoms with Crippen molar-refractivity contribution in [1.82, 2.24) is 10.2 Å². The van der Waals surface area contributed by atoms with Crippen LogP contribution < -0.4 is 14.8 Å². The number of nitrogens with zero attached hydrogens (tertiary/aromatic N) is 2. The molecule has 1 N–H and O–H groups in total. The molecular weight excluding hydrogens is 481 g/mol. The molecule has 0 radical (unpaired) electrons. The van der Waals surface area contributed by atoms with Crippen molar-refractivity contribution < 1.29 is 14.2 Å². The minimum Gasteiger partial charge on any atom is -0.493 e. The van der Waals surface area contributed by atoms with Crippen molar-refractivity contribution in [3.8, 4) is 11.5 Å². The number of hydrogen-bond donors (Lipinski definition) is 1. The molecule has 1 aliphatic rings. The number of aliphatic imine (C=N–C) groups is 1. The molecule has 1 aromatic rings. The van der Waals surface area contributed by atoms with Crippen molar-refractivity contribution in [2.45, 2.75) is 32.2 Å². The maximum atomic E-state index is 5.52. The Balaban J connectivity index is 0.00000420. The molecule has 7 heteroatoms. The molecule has 0 saturated carbocycles. The Morgan fingerprint density at radius 3 is 2.62 bits per heavy atom. The number of halogens is 1. The minimum atomic E-state index is 0. The highest BCUT2D eigenvalue weighted by molar-refractivity contribution is 14.0. The highest BCUT2D eigenvalue weighted by Gasteiger charge is 2.16. The van der Waals surface area contributed by atoms with E-state index < -0.39 is 0 Å². The van der Waals surface area contributed by atoms with Crippen LogP contribution in [0.5, 0.6) is 11.5 Å². The van der Waals surface area contributed by atoms with Gasteiger partial charge in [-0.2, -0.15) is 0 Å². The summed E-state index contributed by atoms with van der Waals surface area (Å²) in [6, 6.07) is 4.14. The maximum Gasteiger partial charge on any atom is 0.193 e. The summed E-state index contributed by atoms with van der Waals surface area (Å²) in [7, 11) is 7.24. The van der Waals surface area contributed by atoms with Gasteiger partial charge in [-0.1, -0.05) is 6.08 Å². The zero-order valence-electron chi connectivity index (χ0n) is 18.2. The second-order valence-corrected chi connectivity index (χ2v) is 7.15. The average molecular weight is 517 g/mol. The van der Waals surface area contributed by atoms with E-state index >= 15 is 0 Å². The molecule has 1 saturated heterocycles. The molecule has 0 aromatic heterocycles. The number of allylic oxidation sites excluding steroid dienone is 1. The summed E-state index contributed by atoms with van der Waals surface area (Å²) in [5.41, 5.74) is 2.19. The number of guanidine groups is 1. The lowest BCUT2D eigenvalue weighted by Gasteiger charge is -2.27. The van der Waals surface area contributed by atoms with Crippen LogP contribution in [0.2, 0.25) is 0 Å². The minimum absolute atomic E-state index is 0. The Morgan fingerprint density at radius 2 is 2.03 bits per heavy atom. The first-order valence-corrected chi connectivity index (χ1v) is 9.97. The van der Waals surface area contributed by atoms with E-state index in [-0.39, 0.29) is 24.0 Å². The SMILES string of the molecule is C=CCc1cc(CNC(=NC)N(C)CCC2CCOCC2)cc(OC)c1OC.I. The summed E-state index contributed by atoms with van der Waals surface area (Å²) in [4.78, 5) is 6.63. The van der Waals surface area contributed by atoms with Crippen LogP contribution in [0.25, 0.3) is 0 Å². The molecule has 1 heterocycles. The van der Waals surface area contributed by atoms with Crippen molar-refractivity contribution in [2.75, 3.05) is 48.1 Å². The Hall–Kier alpha value is -1.48. The number of rotatable bonds is 9. The van der Waals surface area contributed by atoms with Gasteiger partial charge >= 0.3 is 0 Å². The van der Waals surface area contributed by atoms with E-state index in [0.29, 0.717) is 6.54 Å². The third-order valence-electron chi connectivity index (χ3n) is 5.22. The topological polar surface area (TPSA) is 55.3 Å². The van der Waals surface area contributed by atoms with Crippen LogP contribution in [0.4, 0.5) is 0 Å². The van der Waals surface area contributed by atoms with E-state index in [0.717, 1.165) is 73.5 Å². The van der Waals surface area contributed by atoms with E-state index in [4.69, 9.17) is 14.2 Å². The van der Waals surface area contributed by atoms with Gasteiger partial charge in [0.15, 0.2) is 17.5 Å². The van der Waals surface area contributed by atoms with Crippen LogP contribution in [0.15, 0.2) is 29.8 Å². The Morgan fingerprint density at radius 1 is 1.31 bits per heavy atom. The van der Waals surface area contributed by atoms with E-state index in [9.17, 15) is 0 Å². The lowest BCUT2D eigenvalue weighted by atomic mass is 9.96. The zero-order valence-corrected chi connectivity index (χ0v) is 20.5. The average Bonchev–Trinajstić information content (AvgIpc) is 2.73. The molecular formula is C22H36IN3O3. The van der Waals surface area contributed by atoms with Gasteiger partial charge < -0.3 is 24.4 Å². The first-order valence-electron chi connectivity index (χ1n) is 9.97. The maximum absolute atomic E-state index is 5.52. The van der Waals surface area contributed by atoms with Crippen LogP contribution >= 0.6 is 24.0 Å². The third kappa shape index (κ3) is 7.70. The third-order valence-corrected chi connectivity index (χ3v) is 5.22. The van der Waals surface area contributed by atoms with Gasteiger partial charge in [0.1, 0.15) is 0 Å². The summed E-state index contributed by atoms with van der Waals surface area (Å²) in [6.45, 7) is 7.28. The quantitative estimate of drug-likeness (QED) is 0.233. The molecule has 0 aliphatic carbocycles. The molecule has 0 spiro atoms. The largest absolute Gasteiger partial charge is 0.493 e. The van der Waals surface area contributed by atoms with Gasteiger partial charge in [-0.15, -0.1) is 30.6 Å². The van der Waals surface area contributed by atoms with Gasteiger partial charge in [0.2, 0.25) is 0 Å². The molecule has 1 fully saturated rings. The van der Waals surface area contributed by atoms with E-state index in [1.165, 1.54) is 6.42 Å². The van der Waals surface area contributed by atoms with Crippen molar-refractivity contribution in [3.05, 3.63) is 35.9 Å². The normalized spacial score (nSPS) is 14.7. The van der Waals surface area contributed by atoms with Crippen molar-refractivity contribution in [3.63, 3.8) is 0 Å². The molecule has 2 rings (SSSR count). The van der Waals surface area contributed by atoms with Gasteiger partial charge in [-0.3, -0.25) is 4.99 Å². The van der Waals surface area contributed by atoms with Crippen LogP contribution in [-0.4, -0.2) is 58.9 Å². The van der Waals surface area contributed by atoms with Crippen LogP contribution in [-0.2, 0) is 17.7 Å². The smallest absolute Gasteiger partial charge is 0.193 e. The fourth-order valence-corrected chi connectivity index (χ4v) is 3.60. The Bertz CT molecular complexity index is 661. The number of benzene rings is 1. The van der Waals surface area contributed by atoms with Gasteiger partial charge in [-0.25, -0.2) is 0 Å². The lowest BCUT2D eigenvalue weighted by Crippen LogP contribution is -2.39. The van der Waals surface area contributed by atoms with Gasteiger partial charge in [-0.05, 0) is 49.3 Å². The van der Waals surface area contributed by atoms with Crippen LogP contribution in [0, 0.1) is 5.92 Å². The zero-order chi connectivity index (χ0) is 20.4. The fraction of sp³-hybridized carbons (Fsp3) is 0.591. The number of hydrogen-bond acceptors (Lipinski definition) is 4. The molecule has 0 unspecified atom stereocenters. The summed E-state index contributed by atoms with van der Waals surface area (Å²) < 4.78 is 16.5. The first-order chi connectivity index (χ1) is 13.6. The fourth-order valence-electron chi connectivity index (χ4n) is 3.60. The van der Waals surface area contributed by atoms with Gasteiger partial charge in [0, 0.05) is 46.0 Å². The van der Waals surface area contributed by atoms with Crippen molar-refractivity contribution in [2.24, 2.45) is 10.9 Å². The van der Waals surface area contributed by atoms with E-state index in [1.54, 1.807) is 14.2 Å². The number of ether oxygens (including phenoxy) is 3. The standard InChI is InChI=1S/C22H35N3O3.HI/c1-6-7-19-14-18(15-20(26-4)21(19)27-5)16-24-22(23-2)25(3)11-8-17-9-12-28-13-10-17;/h6,14-15,17H,1,7-13,16H2,2-5H3,(H,23,24);1H. The predicted octanol–water partition coefficient (Wildman–Crippen LogP) is 3.87. The van der Waals surface area contributed by atoms with Crippen molar-refractivity contribution >= 4 is 29.9 Å². The van der Waals surface area contributed by atoms with Gasteiger partial charge in [0.25, 0.3) is 0 Å². The van der Waals surface area contributed by atoms with E-state index in [2.05, 4.69) is 34.9 Å². The van der Waals surface area contributed by atoms with Crippen molar-refractivity contribution in [1.29, 1.82) is 0 Å². The number of nitrogens with one attached hydrogen (secondary N) is 1. The molecule has 164 valence electrons.